The first-order chi connectivity index (χ1) is 18.2. The van der Waals surface area contributed by atoms with Crippen LogP contribution in [0.1, 0.15) is 30.4 Å². The summed E-state index contributed by atoms with van der Waals surface area (Å²) in [4.78, 5) is 18.8. The summed E-state index contributed by atoms with van der Waals surface area (Å²) in [6.45, 7) is 2.92. The molecule has 3 N–H and O–H groups in total. The first kappa shape index (κ1) is 25.3. The quantitative estimate of drug-likeness (QED) is 0.277. The van der Waals surface area contributed by atoms with Crippen molar-refractivity contribution in [2.75, 3.05) is 29.9 Å². The van der Waals surface area contributed by atoms with Gasteiger partial charge in [-0.05, 0) is 42.4 Å². The van der Waals surface area contributed by atoms with Crippen LogP contribution in [0.4, 0.5) is 11.6 Å². The van der Waals surface area contributed by atoms with Gasteiger partial charge in [0.2, 0.25) is 0 Å². The third kappa shape index (κ3) is 6.72. The molecule has 2 aromatic heterocycles. The van der Waals surface area contributed by atoms with E-state index in [1.807, 2.05) is 42.5 Å². The first-order valence-corrected chi connectivity index (χ1v) is 14.0. The normalized spacial score (nSPS) is 14.5. The molecule has 0 amide bonds. The second-order valence-electron chi connectivity index (χ2n) is 9.32. The first-order valence-electron chi connectivity index (χ1n) is 12.7. The average molecular weight is 518 g/mol. The second-order valence-corrected chi connectivity index (χ2v) is 11.0. The van der Waals surface area contributed by atoms with Crippen LogP contribution < -0.4 is 16.2 Å². The molecule has 37 heavy (non-hydrogen) atoms. The molecule has 0 bridgehead atoms. The minimum atomic E-state index is -0.997. The summed E-state index contributed by atoms with van der Waals surface area (Å²) >= 11 is 0. The van der Waals surface area contributed by atoms with Crippen molar-refractivity contribution in [3.8, 4) is 0 Å². The molecule has 1 fully saturated rings. The van der Waals surface area contributed by atoms with E-state index in [1.54, 1.807) is 6.20 Å². The number of aromatic amines is 1. The van der Waals surface area contributed by atoms with Crippen molar-refractivity contribution in [1.29, 1.82) is 0 Å². The van der Waals surface area contributed by atoms with Gasteiger partial charge >= 0.3 is 0 Å². The maximum atomic E-state index is 12.0. The number of nitrogens with two attached hydrogens (primary N) is 1. The molecular formula is C28H32N5O3P. The summed E-state index contributed by atoms with van der Waals surface area (Å²) in [5.41, 5.74) is 8.11. The lowest BCUT2D eigenvalue weighted by atomic mass is 9.94. The molecule has 4 aromatic rings. The van der Waals surface area contributed by atoms with Gasteiger partial charge in [-0.1, -0.05) is 60.7 Å². The Labute approximate surface area is 217 Å². The highest BCUT2D eigenvalue weighted by Crippen LogP contribution is 2.43. The standard InChI is InChI=1S/C28H32N5O3P/c29-27-26-24(18-30-32-28(26)34)17-25(31-27)33-14-11-21(12-15-33)13-16-37(35-19-22-7-3-1-4-8-22)36-20-23-9-5-2-6-10-23/h1-10,17-18,21H,11-16,19-20H2,(H2,29,31)(H,32,34). The van der Waals surface area contributed by atoms with Crippen LogP contribution in [0.5, 0.6) is 0 Å². The van der Waals surface area contributed by atoms with Gasteiger partial charge in [-0.15, -0.1) is 0 Å². The maximum absolute atomic E-state index is 12.0. The summed E-state index contributed by atoms with van der Waals surface area (Å²) in [6.07, 6.45) is 5.73. The van der Waals surface area contributed by atoms with Gasteiger partial charge in [0.05, 0.1) is 24.8 Å². The SMILES string of the molecule is Nc1nc(N2CCC(CCP(OCc3ccccc3)OCc3ccccc3)CC2)cc2cn[nH]c(=O)c12. The lowest BCUT2D eigenvalue weighted by molar-refractivity contribution is 0.232. The summed E-state index contributed by atoms with van der Waals surface area (Å²) in [6, 6.07) is 22.4. The summed E-state index contributed by atoms with van der Waals surface area (Å²) < 4.78 is 12.5. The van der Waals surface area contributed by atoms with Crippen LogP contribution in [0.15, 0.2) is 77.7 Å². The number of hydrogen-bond donors (Lipinski definition) is 2. The Morgan fingerprint density at radius 3 is 2.22 bits per heavy atom. The smallest absolute Gasteiger partial charge is 0.275 e. The molecule has 1 saturated heterocycles. The number of piperidine rings is 1. The lowest BCUT2D eigenvalue weighted by Crippen LogP contribution is -2.34. The van der Waals surface area contributed by atoms with E-state index < -0.39 is 8.38 Å². The number of nitrogens with zero attached hydrogens (tertiary/aromatic N) is 3. The van der Waals surface area contributed by atoms with E-state index in [0.717, 1.165) is 55.5 Å². The zero-order chi connectivity index (χ0) is 25.5. The maximum Gasteiger partial charge on any atom is 0.275 e. The summed E-state index contributed by atoms with van der Waals surface area (Å²) in [7, 11) is -0.997. The number of H-pyrrole nitrogens is 1. The van der Waals surface area contributed by atoms with Crippen LogP contribution in [0, 0.1) is 5.92 Å². The number of aromatic nitrogens is 3. The molecule has 192 valence electrons. The molecule has 5 rings (SSSR count). The largest absolute Gasteiger partial charge is 0.383 e. The van der Waals surface area contributed by atoms with Gasteiger partial charge in [0.25, 0.3) is 5.56 Å². The molecule has 8 nitrogen and oxygen atoms in total. The lowest BCUT2D eigenvalue weighted by Gasteiger charge is -2.33. The Balaban J connectivity index is 1.16. The topological polar surface area (TPSA) is 106 Å². The van der Waals surface area contributed by atoms with Crippen LogP contribution in [0.25, 0.3) is 10.8 Å². The fourth-order valence-electron chi connectivity index (χ4n) is 4.64. The van der Waals surface area contributed by atoms with Gasteiger partial charge in [-0.2, -0.15) is 5.10 Å². The van der Waals surface area contributed by atoms with E-state index in [-0.39, 0.29) is 11.4 Å². The molecule has 0 radical (unpaired) electrons. The minimum absolute atomic E-state index is 0.245. The van der Waals surface area contributed by atoms with E-state index in [9.17, 15) is 4.79 Å². The van der Waals surface area contributed by atoms with Crippen molar-refractivity contribution in [3.63, 3.8) is 0 Å². The highest BCUT2D eigenvalue weighted by atomic mass is 31.2. The van der Waals surface area contributed by atoms with Crippen molar-refractivity contribution >= 4 is 30.8 Å². The number of benzene rings is 2. The molecule has 0 unspecified atom stereocenters. The monoisotopic (exact) mass is 517 g/mol. The molecule has 0 saturated carbocycles. The fraction of sp³-hybridized carbons (Fsp3) is 0.321. The average Bonchev–Trinajstić information content (AvgIpc) is 2.94. The van der Waals surface area contributed by atoms with Crippen LogP contribution in [-0.2, 0) is 22.3 Å². The van der Waals surface area contributed by atoms with Gasteiger partial charge in [-0.25, -0.2) is 10.1 Å². The van der Waals surface area contributed by atoms with Gasteiger partial charge in [0.15, 0.2) is 8.38 Å². The molecule has 2 aromatic carbocycles. The number of rotatable bonds is 10. The molecule has 1 aliphatic rings. The Morgan fingerprint density at radius 1 is 0.973 bits per heavy atom. The molecule has 1 aliphatic heterocycles. The van der Waals surface area contributed by atoms with Crippen molar-refractivity contribution in [1.82, 2.24) is 15.2 Å². The fourth-order valence-corrected chi connectivity index (χ4v) is 6.14. The van der Waals surface area contributed by atoms with Crippen LogP contribution in [0.3, 0.4) is 0 Å². The molecule has 0 atom stereocenters. The van der Waals surface area contributed by atoms with E-state index in [4.69, 9.17) is 14.8 Å². The van der Waals surface area contributed by atoms with Gasteiger partial charge < -0.3 is 19.7 Å². The zero-order valence-corrected chi connectivity index (χ0v) is 21.6. The van der Waals surface area contributed by atoms with Crippen LogP contribution in [-0.4, -0.2) is 34.4 Å². The highest BCUT2D eigenvalue weighted by Gasteiger charge is 2.23. The Bertz CT molecular complexity index is 1300. The van der Waals surface area contributed by atoms with Crippen LogP contribution in [0.2, 0.25) is 0 Å². The van der Waals surface area contributed by atoms with E-state index in [0.29, 0.717) is 29.9 Å². The van der Waals surface area contributed by atoms with Crippen LogP contribution >= 0.6 is 8.38 Å². The number of anilines is 2. The Hall–Kier alpha value is -3.32. The Morgan fingerprint density at radius 2 is 1.59 bits per heavy atom. The predicted molar refractivity (Wildman–Crippen MR) is 148 cm³/mol. The van der Waals surface area contributed by atoms with Gasteiger partial charge in [-0.3, -0.25) is 4.79 Å². The van der Waals surface area contributed by atoms with Crippen molar-refractivity contribution in [3.05, 3.63) is 94.4 Å². The highest BCUT2D eigenvalue weighted by molar-refractivity contribution is 7.47. The van der Waals surface area contributed by atoms with E-state index in [2.05, 4.69) is 44.3 Å². The number of pyridine rings is 1. The zero-order valence-electron chi connectivity index (χ0n) is 20.8. The van der Waals surface area contributed by atoms with Crippen molar-refractivity contribution in [2.45, 2.75) is 32.5 Å². The Kier molecular flexibility index (Phi) is 8.41. The van der Waals surface area contributed by atoms with Crippen molar-refractivity contribution < 1.29 is 9.05 Å². The van der Waals surface area contributed by atoms with E-state index >= 15 is 0 Å². The van der Waals surface area contributed by atoms with Gasteiger partial charge in [0, 0.05) is 24.6 Å². The van der Waals surface area contributed by atoms with Crippen molar-refractivity contribution in [2.24, 2.45) is 5.92 Å². The molecule has 9 heteroatoms. The number of fused-ring (bicyclic) bond motifs is 1. The number of hydrogen-bond acceptors (Lipinski definition) is 7. The second kappa shape index (κ2) is 12.3. The third-order valence-corrected chi connectivity index (χ3v) is 8.21. The minimum Gasteiger partial charge on any atom is -0.383 e. The summed E-state index contributed by atoms with van der Waals surface area (Å²) in [5.74, 6) is 1.65. The van der Waals surface area contributed by atoms with E-state index in [1.165, 1.54) is 0 Å². The number of nitrogen functional groups attached to an aromatic ring is 1. The molecule has 3 heterocycles. The number of nitrogens with one attached hydrogen (secondary N) is 1. The molecular weight excluding hydrogens is 485 g/mol. The van der Waals surface area contributed by atoms with Gasteiger partial charge in [0.1, 0.15) is 11.6 Å². The third-order valence-electron chi connectivity index (χ3n) is 6.76. The molecule has 0 aliphatic carbocycles. The molecule has 0 spiro atoms. The summed E-state index contributed by atoms with van der Waals surface area (Å²) in [5, 5.41) is 7.43. The predicted octanol–water partition coefficient (Wildman–Crippen LogP) is 5.25.